The minimum atomic E-state index is -0.294. The Labute approximate surface area is 159 Å². The van der Waals surface area contributed by atoms with E-state index < -0.39 is 0 Å². The van der Waals surface area contributed by atoms with Gasteiger partial charge in [0.15, 0.2) is 0 Å². The van der Waals surface area contributed by atoms with Crippen LogP contribution in [-0.2, 0) is 14.3 Å². The number of anilines is 1. The minimum Gasteiger partial charge on any atom is -0.450 e. The highest BCUT2D eigenvalue weighted by Gasteiger charge is 2.48. The van der Waals surface area contributed by atoms with Crippen molar-refractivity contribution in [2.24, 2.45) is 11.8 Å². The number of amides is 3. The normalized spacial score (nSPS) is 22.1. The summed E-state index contributed by atoms with van der Waals surface area (Å²) in [5.41, 5.74) is 1.79. The molecule has 2 aliphatic rings. The summed E-state index contributed by atoms with van der Waals surface area (Å²) in [7, 11) is 0. The first kappa shape index (κ1) is 19.2. The Morgan fingerprint density at radius 3 is 2.44 bits per heavy atom. The van der Waals surface area contributed by atoms with Gasteiger partial charge in [-0.05, 0) is 44.7 Å². The fraction of sp³-hybridized carbons (Fsp3) is 0.550. The van der Waals surface area contributed by atoms with Gasteiger partial charge in [-0.1, -0.05) is 18.2 Å². The highest BCUT2D eigenvalue weighted by atomic mass is 16.6. The molecule has 27 heavy (non-hydrogen) atoms. The average Bonchev–Trinajstić information content (AvgIpc) is 3.45. The lowest BCUT2D eigenvalue weighted by Crippen LogP contribution is -2.47. The molecule has 0 bridgehead atoms. The van der Waals surface area contributed by atoms with Crippen molar-refractivity contribution in [1.82, 2.24) is 10.2 Å². The maximum Gasteiger partial charge on any atom is 0.409 e. The van der Waals surface area contributed by atoms with Crippen LogP contribution in [0.4, 0.5) is 10.5 Å². The summed E-state index contributed by atoms with van der Waals surface area (Å²) < 4.78 is 5.00. The first-order valence-electron chi connectivity index (χ1n) is 9.58. The highest BCUT2D eigenvalue weighted by Crippen LogP contribution is 2.40. The molecule has 1 heterocycles. The summed E-state index contributed by atoms with van der Waals surface area (Å²) in [6.45, 7) is 5.24. The summed E-state index contributed by atoms with van der Waals surface area (Å²) in [6, 6.07) is 7.65. The maximum atomic E-state index is 12.4. The highest BCUT2D eigenvalue weighted by molar-refractivity contribution is 5.99. The molecular weight excluding hydrogens is 346 g/mol. The van der Waals surface area contributed by atoms with E-state index in [2.05, 4.69) is 10.6 Å². The van der Waals surface area contributed by atoms with Gasteiger partial charge in [0.1, 0.15) is 0 Å². The molecule has 2 fully saturated rings. The van der Waals surface area contributed by atoms with Gasteiger partial charge in [-0.3, -0.25) is 9.59 Å². The van der Waals surface area contributed by atoms with Gasteiger partial charge in [0.2, 0.25) is 11.8 Å². The Hall–Kier alpha value is -2.57. The molecule has 0 aromatic heterocycles. The van der Waals surface area contributed by atoms with Crippen molar-refractivity contribution in [3.8, 4) is 0 Å². The Balaban J connectivity index is 1.42. The first-order chi connectivity index (χ1) is 13.0. The lowest BCUT2D eigenvalue weighted by Gasteiger charge is -2.31. The molecule has 146 valence electrons. The third-order valence-electron chi connectivity index (χ3n) is 5.23. The van der Waals surface area contributed by atoms with Crippen LogP contribution in [0.3, 0.4) is 0 Å². The predicted molar refractivity (Wildman–Crippen MR) is 101 cm³/mol. The van der Waals surface area contributed by atoms with Crippen LogP contribution in [0.2, 0.25) is 0 Å². The second-order valence-corrected chi connectivity index (χ2v) is 7.22. The fourth-order valence-electron chi connectivity index (χ4n) is 3.44. The molecule has 1 aliphatic heterocycles. The standard InChI is InChI=1S/C20H27N3O4/c1-3-27-20(26)23-10-8-14(9-11-23)21-18(24)15-12-16(15)19(25)22-17-7-5-4-6-13(17)2/h4-7,14-16H,3,8-12H2,1-2H3,(H,21,24)(H,22,25). The van der Waals surface area contributed by atoms with Crippen molar-refractivity contribution >= 4 is 23.6 Å². The molecular formula is C20H27N3O4. The summed E-state index contributed by atoms with van der Waals surface area (Å²) in [4.78, 5) is 38.2. The Morgan fingerprint density at radius 2 is 1.78 bits per heavy atom. The van der Waals surface area contributed by atoms with E-state index in [9.17, 15) is 14.4 Å². The van der Waals surface area contributed by atoms with Crippen LogP contribution < -0.4 is 10.6 Å². The number of para-hydroxylation sites is 1. The topological polar surface area (TPSA) is 87.7 Å². The lowest BCUT2D eigenvalue weighted by molar-refractivity contribution is -0.126. The molecule has 2 unspecified atom stereocenters. The van der Waals surface area contributed by atoms with Crippen molar-refractivity contribution in [2.75, 3.05) is 25.0 Å². The van der Waals surface area contributed by atoms with E-state index in [1.807, 2.05) is 31.2 Å². The van der Waals surface area contributed by atoms with Crippen LogP contribution in [-0.4, -0.2) is 48.5 Å². The molecule has 1 aliphatic carbocycles. The number of benzene rings is 1. The number of nitrogens with one attached hydrogen (secondary N) is 2. The van der Waals surface area contributed by atoms with Crippen LogP contribution in [0.5, 0.6) is 0 Å². The molecule has 7 heteroatoms. The SMILES string of the molecule is CCOC(=O)N1CCC(NC(=O)C2CC2C(=O)Nc2ccccc2C)CC1. The molecule has 1 aromatic rings. The molecule has 1 saturated heterocycles. The largest absolute Gasteiger partial charge is 0.450 e. The van der Waals surface area contributed by atoms with Crippen LogP contribution in [0.1, 0.15) is 31.7 Å². The number of carbonyl (C=O) groups excluding carboxylic acids is 3. The van der Waals surface area contributed by atoms with Crippen molar-refractivity contribution in [3.63, 3.8) is 0 Å². The molecule has 2 N–H and O–H groups in total. The Morgan fingerprint density at radius 1 is 1.11 bits per heavy atom. The lowest BCUT2D eigenvalue weighted by atomic mass is 10.1. The molecule has 2 atom stereocenters. The fourth-order valence-corrected chi connectivity index (χ4v) is 3.44. The van der Waals surface area contributed by atoms with Crippen molar-refractivity contribution in [3.05, 3.63) is 29.8 Å². The van der Waals surface area contributed by atoms with Gasteiger partial charge < -0.3 is 20.3 Å². The Bertz CT molecular complexity index is 713. The molecule has 3 rings (SSSR count). The summed E-state index contributed by atoms with van der Waals surface area (Å²) >= 11 is 0. The Kier molecular flexibility index (Phi) is 5.98. The monoisotopic (exact) mass is 373 g/mol. The van der Waals surface area contributed by atoms with E-state index in [-0.39, 0.29) is 35.8 Å². The number of carbonyl (C=O) groups is 3. The van der Waals surface area contributed by atoms with Crippen molar-refractivity contribution in [1.29, 1.82) is 0 Å². The number of ether oxygens (including phenoxy) is 1. The van der Waals surface area contributed by atoms with Crippen molar-refractivity contribution < 1.29 is 19.1 Å². The van der Waals surface area contributed by atoms with Gasteiger partial charge in [0, 0.05) is 24.8 Å². The maximum absolute atomic E-state index is 12.4. The van der Waals surface area contributed by atoms with Crippen molar-refractivity contribution in [2.45, 2.75) is 39.2 Å². The van der Waals surface area contributed by atoms with Gasteiger partial charge in [0.05, 0.1) is 18.4 Å². The van der Waals surface area contributed by atoms with E-state index in [1.165, 1.54) is 0 Å². The summed E-state index contributed by atoms with van der Waals surface area (Å²) in [5.74, 6) is -0.669. The van der Waals surface area contributed by atoms with E-state index in [0.29, 0.717) is 39.0 Å². The smallest absolute Gasteiger partial charge is 0.409 e. The molecule has 0 radical (unpaired) electrons. The van der Waals surface area contributed by atoms with Crippen LogP contribution in [0.25, 0.3) is 0 Å². The quantitative estimate of drug-likeness (QED) is 0.829. The predicted octanol–water partition coefficient (Wildman–Crippen LogP) is 2.31. The van der Waals surface area contributed by atoms with Crippen LogP contribution >= 0.6 is 0 Å². The number of hydrogen-bond donors (Lipinski definition) is 2. The third kappa shape index (κ3) is 4.78. The van der Waals surface area contributed by atoms with E-state index in [0.717, 1.165) is 11.3 Å². The van der Waals surface area contributed by atoms with E-state index in [4.69, 9.17) is 4.74 Å². The zero-order chi connectivity index (χ0) is 19.4. The van der Waals surface area contributed by atoms with Gasteiger partial charge in [0.25, 0.3) is 0 Å². The zero-order valence-electron chi connectivity index (χ0n) is 15.9. The molecule has 1 aromatic carbocycles. The molecule has 7 nitrogen and oxygen atoms in total. The summed E-state index contributed by atoms with van der Waals surface area (Å²) in [6.07, 6.45) is 1.71. The number of piperidine rings is 1. The summed E-state index contributed by atoms with van der Waals surface area (Å²) in [5, 5.41) is 5.95. The first-order valence-corrected chi connectivity index (χ1v) is 9.58. The van der Waals surface area contributed by atoms with Crippen LogP contribution in [0.15, 0.2) is 24.3 Å². The second-order valence-electron chi connectivity index (χ2n) is 7.22. The second kappa shape index (κ2) is 8.41. The van der Waals surface area contributed by atoms with Gasteiger partial charge in [-0.25, -0.2) is 4.79 Å². The number of rotatable bonds is 5. The molecule has 1 saturated carbocycles. The minimum absolute atomic E-state index is 0.0452. The number of hydrogen-bond acceptors (Lipinski definition) is 4. The average molecular weight is 373 g/mol. The third-order valence-corrected chi connectivity index (χ3v) is 5.23. The number of aryl methyl sites for hydroxylation is 1. The van der Waals surface area contributed by atoms with E-state index in [1.54, 1.807) is 11.8 Å². The van der Waals surface area contributed by atoms with Gasteiger partial charge in [-0.15, -0.1) is 0 Å². The molecule has 3 amide bonds. The van der Waals surface area contributed by atoms with Gasteiger partial charge >= 0.3 is 6.09 Å². The van der Waals surface area contributed by atoms with E-state index >= 15 is 0 Å². The number of likely N-dealkylation sites (tertiary alicyclic amines) is 1. The van der Waals surface area contributed by atoms with Crippen LogP contribution in [0, 0.1) is 18.8 Å². The number of nitrogens with zero attached hydrogens (tertiary/aromatic N) is 1. The van der Waals surface area contributed by atoms with Gasteiger partial charge in [-0.2, -0.15) is 0 Å². The molecule has 0 spiro atoms. The zero-order valence-corrected chi connectivity index (χ0v) is 15.9.